The standard InChI is InChI=1S/C18H26N2/c1-20-16-9-10-17(20)12-15(11-16)19-18(14-7-8-14)13-5-3-2-4-6-13/h2-6,14-19H,7-12H2,1H3. The zero-order chi connectivity index (χ0) is 13.5. The summed E-state index contributed by atoms with van der Waals surface area (Å²) < 4.78 is 0. The number of hydrogen-bond donors (Lipinski definition) is 1. The Bertz CT molecular complexity index is 440. The molecule has 1 aliphatic carbocycles. The van der Waals surface area contributed by atoms with Crippen LogP contribution in [0.2, 0.25) is 0 Å². The summed E-state index contributed by atoms with van der Waals surface area (Å²) in [6.07, 6.45) is 8.35. The van der Waals surface area contributed by atoms with Crippen LogP contribution < -0.4 is 5.32 Å². The second-order valence-electron chi connectivity index (χ2n) is 7.11. The van der Waals surface area contributed by atoms with E-state index in [1.165, 1.54) is 44.1 Å². The van der Waals surface area contributed by atoms with E-state index in [-0.39, 0.29) is 0 Å². The molecule has 3 atom stereocenters. The maximum atomic E-state index is 4.03. The average Bonchev–Trinajstić information content (AvgIpc) is 3.28. The van der Waals surface area contributed by atoms with Gasteiger partial charge in [0.25, 0.3) is 0 Å². The monoisotopic (exact) mass is 270 g/mol. The molecule has 2 heteroatoms. The van der Waals surface area contributed by atoms with Crippen LogP contribution in [0.25, 0.3) is 0 Å². The number of nitrogens with one attached hydrogen (secondary N) is 1. The highest BCUT2D eigenvalue weighted by molar-refractivity contribution is 5.21. The second-order valence-corrected chi connectivity index (χ2v) is 7.11. The van der Waals surface area contributed by atoms with Crippen LogP contribution in [-0.4, -0.2) is 30.1 Å². The van der Waals surface area contributed by atoms with Gasteiger partial charge in [-0.1, -0.05) is 30.3 Å². The molecule has 2 aliphatic heterocycles. The molecule has 2 saturated heterocycles. The van der Waals surface area contributed by atoms with Crippen molar-refractivity contribution in [2.45, 2.75) is 62.7 Å². The normalized spacial score (nSPS) is 35.1. The minimum Gasteiger partial charge on any atom is -0.307 e. The average molecular weight is 270 g/mol. The zero-order valence-corrected chi connectivity index (χ0v) is 12.5. The molecule has 2 heterocycles. The summed E-state index contributed by atoms with van der Waals surface area (Å²) in [5.41, 5.74) is 1.50. The topological polar surface area (TPSA) is 15.3 Å². The van der Waals surface area contributed by atoms with Crippen LogP contribution in [0.15, 0.2) is 30.3 Å². The lowest BCUT2D eigenvalue weighted by Gasteiger charge is -2.38. The highest BCUT2D eigenvalue weighted by atomic mass is 15.2. The minimum atomic E-state index is 0.601. The van der Waals surface area contributed by atoms with E-state index in [1.807, 2.05) is 0 Å². The van der Waals surface area contributed by atoms with Gasteiger partial charge in [-0.25, -0.2) is 0 Å². The molecule has 1 aromatic carbocycles. The fraction of sp³-hybridized carbons (Fsp3) is 0.667. The molecule has 1 aromatic rings. The first-order valence-corrected chi connectivity index (χ1v) is 8.34. The molecule has 1 saturated carbocycles. The minimum absolute atomic E-state index is 0.601. The van der Waals surface area contributed by atoms with Crippen molar-refractivity contribution in [2.75, 3.05) is 7.05 Å². The summed E-state index contributed by atoms with van der Waals surface area (Å²) in [4.78, 5) is 2.63. The van der Waals surface area contributed by atoms with Crippen LogP contribution in [0.3, 0.4) is 0 Å². The molecule has 2 bridgehead atoms. The highest BCUT2D eigenvalue weighted by Gasteiger charge is 2.40. The van der Waals surface area contributed by atoms with Gasteiger partial charge in [-0.2, -0.15) is 0 Å². The summed E-state index contributed by atoms with van der Waals surface area (Å²) >= 11 is 0. The van der Waals surface area contributed by atoms with Gasteiger partial charge in [-0.05, 0) is 57.1 Å². The summed E-state index contributed by atoms with van der Waals surface area (Å²) in [6, 6.07) is 14.1. The molecule has 0 spiro atoms. The third-order valence-corrected chi connectivity index (χ3v) is 5.77. The molecular formula is C18H26N2. The molecule has 20 heavy (non-hydrogen) atoms. The molecule has 108 valence electrons. The van der Waals surface area contributed by atoms with E-state index in [0.717, 1.165) is 24.0 Å². The lowest BCUT2D eigenvalue weighted by atomic mass is 9.94. The van der Waals surface area contributed by atoms with Crippen molar-refractivity contribution in [3.63, 3.8) is 0 Å². The maximum Gasteiger partial charge on any atom is 0.0351 e. The van der Waals surface area contributed by atoms with Crippen molar-refractivity contribution >= 4 is 0 Å². The van der Waals surface area contributed by atoms with Gasteiger partial charge in [0.1, 0.15) is 0 Å². The van der Waals surface area contributed by atoms with Gasteiger partial charge < -0.3 is 10.2 Å². The number of benzene rings is 1. The van der Waals surface area contributed by atoms with Crippen molar-refractivity contribution in [3.8, 4) is 0 Å². The lowest BCUT2D eigenvalue weighted by Crippen LogP contribution is -2.48. The SMILES string of the molecule is CN1C2CCC1CC(NC(c1ccccc1)C1CC1)C2. The van der Waals surface area contributed by atoms with E-state index >= 15 is 0 Å². The highest BCUT2D eigenvalue weighted by Crippen LogP contribution is 2.43. The second kappa shape index (κ2) is 5.16. The molecule has 3 unspecified atom stereocenters. The van der Waals surface area contributed by atoms with E-state index in [4.69, 9.17) is 0 Å². The van der Waals surface area contributed by atoms with Gasteiger partial charge in [-0.15, -0.1) is 0 Å². The first-order chi connectivity index (χ1) is 9.81. The first kappa shape index (κ1) is 12.8. The number of hydrogen-bond acceptors (Lipinski definition) is 2. The first-order valence-electron chi connectivity index (χ1n) is 8.34. The van der Waals surface area contributed by atoms with E-state index in [0.29, 0.717) is 6.04 Å². The molecular weight excluding hydrogens is 244 g/mol. The van der Waals surface area contributed by atoms with Crippen molar-refractivity contribution < 1.29 is 0 Å². The van der Waals surface area contributed by atoms with Crippen molar-refractivity contribution in [1.82, 2.24) is 10.2 Å². The number of piperidine rings is 1. The van der Waals surface area contributed by atoms with E-state index in [1.54, 1.807) is 0 Å². The molecule has 0 aromatic heterocycles. The van der Waals surface area contributed by atoms with E-state index < -0.39 is 0 Å². The quantitative estimate of drug-likeness (QED) is 0.902. The van der Waals surface area contributed by atoms with Crippen molar-refractivity contribution in [1.29, 1.82) is 0 Å². The molecule has 3 aliphatic rings. The number of fused-ring (bicyclic) bond motifs is 2. The smallest absolute Gasteiger partial charge is 0.0351 e. The summed E-state index contributed by atoms with van der Waals surface area (Å²) in [6.45, 7) is 0. The molecule has 2 nitrogen and oxygen atoms in total. The van der Waals surface area contributed by atoms with Crippen molar-refractivity contribution in [2.24, 2.45) is 5.92 Å². The summed E-state index contributed by atoms with van der Waals surface area (Å²) in [5.74, 6) is 0.884. The van der Waals surface area contributed by atoms with E-state index in [9.17, 15) is 0 Å². The zero-order valence-electron chi connectivity index (χ0n) is 12.5. The fourth-order valence-corrected chi connectivity index (χ4v) is 4.40. The van der Waals surface area contributed by atoms with Gasteiger partial charge >= 0.3 is 0 Å². The third-order valence-electron chi connectivity index (χ3n) is 5.77. The predicted octanol–water partition coefficient (Wildman–Crippen LogP) is 3.35. The molecule has 1 N–H and O–H groups in total. The molecule has 3 fully saturated rings. The Balaban J connectivity index is 1.47. The molecule has 0 amide bonds. The third kappa shape index (κ3) is 2.40. The van der Waals surface area contributed by atoms with Crippen molar-refractivity contribution in [3.05, 3.63) is 35.9 Å². The molecule has 4 rings (SSSR count). The Morgan fingerprint density at radius 1 is 1.00 bits per heavy atom. The van der Waals surface area contributed by atoms with Crippen LogP contribution in [-0.2, 0) is 0 Å². The predicted molar refractivity (Wildman–Crippen MR) is 82.6 cm³/mol. The van der Waals surface area contributed by atoms with E-state index in [2.05, 4.69) is 47.6 Å². The van der Waals surface area contributed by atoms with Crippen LogP contribution in [0.1, 0.15) is 50.1 Å². The van der Waals surface area contributed by atoms with Crippen LogP contribution in [0, 0.1) is 5.92 Å². The summed E-state index contributed by atoms with van der Waals surface area (Å²) in [5, 5.41) is 4.03. The fourth-order valence-electron chi connectivity index (χ4n) is 4.40. The lowest BCUT2D eigenvalue weighted by molar-refractivity contribution is 0.141. The Labute approximate surface area is 122 Å². The van der Waals surface area contributed by atoms with Crippen LogP contribution in [0.4, 0.5) is 0 Å². The van der Waals surface area contributed by atoms with Crippen LogP contribution in [0.5, 0.6) is 0 Å². The summed E-state index contributed by atoms with van der Waals surface area (Å²) in [7, 11) is 2.33. The van der Waals surface area contributed by atoms with Gasteiger partial charge in [0.15, 0.2) is 0 Å². The Kier molecular flexibility index (Phi) is 3.31. The van der Waals surface area contributed by atoms with Gasteiger partial charge in [0.2, 0.25) is 0 Å². The largest absolute Gasteiger partial charge is 0.307 e. The number of nitrogens with zero attached hydrogens (tertiary/aromatic N) is 1. The van der Waals surface area contributed by atoms with Gasteiger partial charge in [0.05, 0.1) is 0 Å². The van der Waals surface area contributed by atoms with Gasteiger partial charge in [0, 0.05) is 24.2 Å². The van der Waals surface area contributed by atoms with Gasteiger partial charge in [-0.3, -0.25) is 0 Å². The van der Waals surface area contributed by atoms with Crippen LogP contribution >= 0.6 is 0 Å². The maximum absolute atomic E-state index is 4.03. The Morgan fingerprint density at radius 2 is 1.65 bits per heavy atom. The Morgan fingerprint density at radius 3 is 2.25 bits per heavy atom. The Hall–Kier alpha value is -0.860. The number of rotatable bonds is 4. The molecule has 0 radical (unpaired) electrons.